The maximum atomic E-state index is 9.79. The zero-order valence-corrected chi connectivity index (χ0v) is 17.1. The van der Waals surface area contributed by atoms with Crippen molar-refractivity contribution >= 4 is 28.9 Å². The van der Waals surface area contributed by atoms with Crippen LogP contribution >= 0.6 is 23.2 Å². The standard InChI is InChI=1S/C23H18Cl2N2O2/c1-2-18-22(14-6-10-16(28)11-7-14)26-27-23(18,15-8-12-17(29)13-9-15)19-4-3-5-20(24)21(19)25/h3-13,28-29H,2H2,1H3. The van der Waals surface area contributed by atoms with E-state index in [0.29, 0.717) is 16.5 Å². The Labute approximate surface area is 178 Å². The Kier molecular flexibility index (Phi) is 5.07. The molecule has 0 amide bonds. The summed E-state index contributed by atoms with van der Waals surface area (Å²) >= 11 is 13.0. The summed E-state index contributed by atoms with van der Waals surface area (Å²) < 4.78 is 0. The van der Waals surface area contributed by atoms with E-state index >= 15 is 0 Å². The van der Waals surface area contributed by atoms with Gasteiger partial charge in [0, 0.05) is 11.1 Å². The van der Waals surface area contributed by atoms with Gasteiger partial charge in [-0.05, 0) is 60.0 Å². The third-order valence-corrected chi connectivity index (χ3v) is 5.96. The number of rotatable bonds is 4. The number of halogens is 2. The van der Waals surface area contributed by atoms with Crippen molar-refractivity contribution in [3.8, 4) is 11.5 Å². The van der Waals surface area contributed by atoms with Gasteiger partial charge >= 0.3 is 0 Å². The van der Waals surface area contributed by atoms with Crippen molar-refractivity contribution in [2.24, 2.45) is 10.2 Å². The van der Waals surface area contributed by atoms with E-state index in [1.54, 1.807) is 30.3 Å². The fraction of sp³-hybridized carbons (Fsp3) is 0.130. The van der Waals surface area contributed by atoms with Gasteiger partial charge in [-0.2, -0.15) is 10.2 Å². The number of phenolic OH excluding ortho intramolecular Hbond substituents is 2. The van der Waals surface area contributed by atoms with E-state index in [2.05, 4.69) is 5.11 Å². The average Bonchev–Trinajstić information content (AvgIpc) is 3.11. The molecule has 0 bridgehead atoms. The second-order valence-electron chi connectivity index (χ2n) is 6.79. The monoisotopic (exact) mass is 424 g/mol. The summed E-state index contributed by atoms with van der Waals surface area (Å²) in [4.78, 5) is 0. The summed E-state index contributed by atoms with van der Waals surface area (Å²) in [5.74, 6) is 0.349. The van der Waals surface area contributed by atoms with Crippen molar-refractivity contribution in [1.82, 2.24) is 0 Å². The molecule has 1 aliphatic heterocycles. The molecule has 0 saturated carbocycles. The fourth-order valence-electron chi connectivity index (χ4n) is 3.78. The van der Waals surface area contributed by atoms with Crippen molar-refractivity contribution in [1.29, 1.82) is 0 Å². The minimum absolute atomic E-state index is 0.164. The molecule has 0 radical (unpaired) electrons. The molecular formula is C23H18Cl2N2O2. The highest BCUT2D eigenvalue weighted by Crippen LogP contribution is 2.52. The largest absolute Gasteiger partial charge is 0.508 e. The first-order valence-corrected chi connectivity index (χ1v) is 9.93. The molecule has 2 N–H and O–H groups in total. The van der Waals surface area contributed by atoms with Gasteiger partial charge in [-0.15, -0.1) is 0 Å². The Morgan fingerprint density at radius 2 is 1.48 bits per heavy atom. The van der Waals surface area contributed by atoms with Gasteiger partial charge < -0.3 is 10.2 Å². The molecule has 3 aromatic rings. The Morgan fingerprint density at radius 3 is 2.10 bits per heavy atom. The Bertz CT molecular complexity index is 1120. The van der Waals surface area contributed by atoms with Crippen molar-refractivity contribution in [2.75, 3.05) is 0 Å². The van der Waals surface area contributed by atoms with Crippen LogP contribution in [-0.4, -0.2) is 10.2 Å². The van der Waals surface area contributed by atoms with Gasteiger partial charge in [0.05, 0.1) is 15.7 Å². The lowest BCUT2D eigenvalue weighted by Gasteiger charge is -2.30. The molecule has 3 aromatic carbocycles. The molecule has 1 aliphatic rings. The second-order valence-corrected chi connectivity index (χ2v) is 7.57. The summed E-state index contributed by atoms with van der Waals surface area (Å²) in [6, 6.07) is 19.2. The predicted octanol–water partition coefficient (Wildman–Crippen LogP) is 6.94. The van der Waals surface area contributed by atoms with Gasteiger partial charge in [-0.1, -0.05) is 54.4 Å². The van der Waals surface area contributed by atoms with Gasteiger partial charge in [-0.25, -0.2) is 0 Å². The Balaban J connectivity index is 2.03. The first-order chi connectivity index (χ1) is 14.0. The number of aromatic hydroxyl groups is 2. The molecule has 4 rings (SSSR count). The number of nitrogens with zero attached hydrogens (tertiary/aromatic N) is 2. The lowest BCUT2D eigenvalue weighted by Crippen LogP contribution is -2.26. The molecule has 29 heavy (non-hydrogen) atoms. The molecule has 1 unspecified atom stereocenters. The molecular weight excluding hydrogens is 407 g/mol. The van der Waals surface area contributed by atoms with Crippen molar-refractivity contribution < 1.29 is 10.2 Å². The molecule has 0 aliphatic carbocycles. The zero-order chi connectivity index (χ0) is 20.6. The third kappa shape index (κ3) is 3.18. The van der Waals surface area contributed by atoms with Crippen LogP contribution in [0.2, 0.25) is 10.0 Å². The third-order valence-electron chi connectivity index (χ3n) is 5.14. The quantitative estimate of drug-likeness (QED) is 0.476. The molecule has 146 valence electrons. The molecule has 0 fully saturated rings. The van der Waals surface area contributed by atoms with E-state index < -0.39 is 5.54 Å². The lowest BCUT2D eigenvalue weighted by atomic mass is 9.75. The molecule has 4 nitrogen and oxygen atoms in total. The number of hydrogen-bond donors (Lipinski definition) is 2. The van der Waals surface area contributed by atoms with Gasteiger partial charge in [0.25, 0.3) is 0 Å². The molecule has 1 atom stereocenters. The van der Waals surface area contributed by atoms with E-state index in [9.17, 15) is 10.2 Å². The highest BCUT2D eigenvalue weighted by atomic mass is 35.5. The second kappa shape index (κ2) is 7.54. The smallest absolute Gasteiger partial charge is 0.157 e. The van der Waals surface area contributed by atoms with Gasteiger partial charge in [-0.3, -0.25) is 0 Å². The predicted molar refractivity (Wildman–Crippen MR) is 116 cm³/mol. The minimum atomic E-state index is -0.961. The van der Waals surface area contributed by atoms with Crippen LogP contribution in [0, 0.1) is 0 Å². The van der Waals surface area contributed by atoms with Gasteiger partial charge in [0.15, 0.2) is 5.54 Å². The van der Waals surface area contributed by atoms with Crippen LogP contribution < -0.4 is 0 Å². The highest BCUT2D eigenvalue weighted by molar-refractivity contribution is 6.42. The molecule has 0 aromatic heterocycles. The lowest BCUT2D eigenvalue weighted by molar-refractivity contribution is 0.474. The molecule has 1 heterocycles. The summed E-state index contributed by atoms with van der Waals surface area (Å²) in [7, 11) is 0. The highest BCUT2D eigenvalue weighted by Gasteiger charge is 2.45. The average molecular weight is 425 g/mol. The normalized spacial score (nSPS) is 18.4. The molecule has 0 saturated heterocycles. The van der Waals surface area contributed by atoms with Crippen LogP contribution in [-0.2, 0) is 5.54 Å². The first kappa shape index (κ1) is 19.5. The van der Waals surface area contributed by atoms with Gasteiger partial charge in [0.1, 0.15) is 11.5 Å². The van der Waals surface area contributed by atoms with Gasteiger partial charge in [0.2, 0.25) is 0 Å². The minimum Gasteiger partial charge on any atom is -0.508 e. The van der Waals surface area contributed by atoms with Crippen molar-refractivity contribution in [2.45, 2.75) is 18.9 Å². The summed E-state index contributed by atoms with van der Waals surface area (Å²) in [6.45, 7) is 2.04. The maximum Gasteiger partial charge on any atom is 0.157 e. The topological polar surface area (TPSA) is 65.2 Å². The summed E-state index contributed by atoms with van der Waals surface area (Å²) in [6.07, 6.45) is 0.660. The van der Waals surface area contributed by atoms with E-state index in [1.807, 2.05) is 43.3 Å². The SMILES string of the molecule is CCC1=C(c2ccc(O)cc2)N=NC1(c1ccc(O)cc1)c1cccc(Cl)c1Cl. The van der Waals surface area contributed by atoms with Crippen molar-refractivity contribution in [3.63, 3.8) is 0 Å². The van der Waals surface area contributed by atoms with Crippen LogP contribution in [0.3, 0.4) is 0 Å². The molecule has 0 spiro atoms. The maximum absolute atomic E-state index is 9.79. The van der Waals surface area contributed by atoms with Crippen LogP contribution in [0.25, 0.3) is 5.70 Å². The van der Waals surface area contributed by atoms with Crippen LogP contribution in [0.4, 0.5) is 0 Å². The first-order valence-electron chi connectivity index (χ1n) is 9.17. The summed E-state index contributed by atoms with van der Waals surface area (Å²) in [5.41, 5.74) is 3.13. The Hall–Kier alpha value is -2.82. The fourth-order valence-corrected chi connectivity index (χ4v) is 4.22. The van der Waals surface area contributed by atoms with E-state index in [-0.39, 0.29) is 11.5 Å². The van der Waals surface area contributed by atoms with E-state index in [0.717, 1.165) is 28.0 Å². The number of benzene rings is 3. The van der Waals surface area contributed by atoms with Crippen LogP contribution in [0.5, 0.6) is 11.5 Å². The Morgan fingerprint density at radius 1 is 0.862 bits per heavy atom. The van der Waals surface area contributed by atoms with Crippen LogP contribution in [0.1, 0.15) is 30.0 Å². The van der Waals surface area contributed by atoms with Crippen LogP contribution in [0.15, 0.2) is 82.5 Å². The zero-order valence-electron chi connectivity index (χ0n) is 15.6. The number of phenols is 2. The number of hydrogen-bond acceptors (Lipinski definition) is 4. The van der Waals surface area contributed by atoms with E-state index in [4.69, 9.17) is 28.3 Å². The summed E-state index contributed by atoms with van der Waals surface area (Å²) in [5, 5.41) is 29.6. The van der Waals surface area contributed by atoms with Crippen molar-refractivity contribution in [3.05, 3.63) is 99.0 Å². The molecule has 6 heteroatoms. The number of azo groups is 1. The van der Waals surface area contributed by atoms with E-state index in [1.165, 1.54) is 0 Å².